The molecule has 1 unspecified atom stereocenters. The number of nitrogens with one attached hydrogen (secondary N) is 1. The van der Waals surface area contributed by atoms with Gasteiger partial charge in [0.1, 0.15) is 18.5 Å². The fraction of sp³-hybridized carbons (Fsp3) is 0.385. The van der Waals surface area contributed by atoms with Crippen LogP contribution in [-0.4, -0.2) is 41.0 Å². The molecule has 0 amide bonds. The van der Waals surface area contributed by atoms with E-state index in [2.05, 4.69) is 20.0 Å². The second-order valence-electron chi connectivity index (χ2n) is 4.08. The first kappa shape index (κ1) is 13.5. The van der Waals surface area contributed by atoms with Crippen molar-refractivity contribution in [2.24, 2.45) is 0 Å². The van der Waals surface area contributed by atoms with Gasteiger partial charge in [0.15, 0.2) is 5.82 Å². The second-order valence-corrected chi connectivity index (χ2v) is 4.08. The molecule has 2 rings (SSSR count). The molecular formula is C13H17N3O3. The molecule has 6 nitrogen and oxygen atoms in total. The van der Waals surface area contributed by atoms with Gasteiger partial charge in [-0.3, -0.25) is 0 Å². The van der Waals surface area contributed by atoms with E-state index in [-0.39, 0.29) is 6.61 Å². The van der Waals surface area contributed by atoms with Crippen molar-refractivity contribution in [1.82, 2.24) is 15.5 Å². The van der Waals surface area contributed by atoms with Crippen molar-refractivity contribution in [3.05, 3.63) is 42.5 Å². The van der Waals surface area contributed by atoms with Crippen molar-refractivity contribution in [2.45, 2.75) is 12.5 Å². The molecule has 1 aromatic heterocycles. The van der Waals surface area contributed by atoms with Crippen molar-refractivity contribution in [2.75, 3.05) is 19.7 Å². The molecule has 19 heavy (non-hydrogen) atoms. The summed E-state index contributed by atoms with van der Waals surface area (Å²) in [6.45, 7) is 1.41. The topological polar surface area (TPSA) is 80.4 Å². The van der Waals surface area contributed by atoms with E-state index in [0.29, 0.717) is 25.3 Å². The van der Waals surface area contributed by atoms with Gasteiger partial charge in [-0.1, -0.05) is 23.4 Å². The van der Waals surface area contributed by atoms with Crippen LogP contribution in [0, 0.1) is 0 Å². The van der Waals surface area contributed by atoms with E-state index < -0.39 is 6.10 Å². The third-order valence-electron chi connectivity index (χ3n) is 2.50. The Balaban J connectivity index is 1.56. The Kier molecular flexibility index (Phi) is 5.33. The van der Waals surface area contributed by atoms with Crippen LogP contribution in [0.5, 0.6) is 5.75 Å². The molecule has 2 N–H and O–H groups in total. The number of hydrogen-bond acceptors (Lipinski definition) is 6. The van der Waals surface area contributed by atoms with Gasteiger partial charge in [-0.05, 0) is 12.1 Å². The van der Waals surface area contributed by atoms with Gasteiger partial charge in [0.2, 0.25) is 6.39 Å². The third kappa shape index (κ3) is 5.07. The highest BCUT2D eigenvalue weighted by Gasteiger charge is 2.05. The maximum atomic E-state index is 9.73. The zero-order valence-corrected chi connectivity index (χ0v) is 10.5. The molecule has 2 aromatic rings. The summed E-state index contributed by atoms with van der Waals surface area (Å²) in [7, 11) is 0. The highest BCUT2D eigenvalue weighted by molar-refractivity contribution is 5.20. The van der Waals surface area contributed by atoms with Crippen LogP contribution >= 0.6 is 0 Å². The number of nitrogens with zero attached hydrogens (tertiary/aromatic N) is 2. The van der Waals surface area contributed by atoms with Crippen LogP contribution in [0.1, 0.15) is 5.82 Å². The first-order valence-electron chi connectivity index (χ1n) is 6.16. The van der Waals surface area contributed by atoms with Gasteiger partial charge in [0.25, 0.3) is 0 Å². The predicted octanol–water partition coefficient (Wildman–Crippen LogP) is 0.642. The van der Waals surface area contributed by atoms with Gasteiger partial charge < -0.3 is 19.7 Å². The lowest BCUT2D eigenvalue weighted by molar-refractivity contribution is 0.106. The number of rotatable bonds is 8. The molecule has 0 saturated carbocycles. The molecule has 102 valence electrons. The molecule has 0 fully saturated rings. The van der Waals surface area contributed by atoms with Gasteiger partial charge in [0.05, 0.1) is 0 Å². The molecule has 0 saturated heterocycles. The molecule has 0 spiro atoms. The molecule has 1 atom stereocenters. The van der Waals surface area contributed by atoms with Gasteiger partial charge >= 0.3 is 0 Å². The summed E-state index contributed by atoms with van der Waals surface area (Å²) < 4.78 is 10.1. The van der Waals surface area contributed by atoms with Crippen LogP contribution in [0.25, 0.3) is 0 Å². The first-order chi connectivity index (χ1) is 9.34. The van der Waals surface area contributed by atoms with Crippen LogP contribution in [0.4, 0.5) is 0 Å². The van der Waals surface area contributed by atoms with E-state index in [1.807, 2.05) is 30.3 Å². The van der Waals surface area contributed by atoms with E-state index >= 15 is 0 Å². The van der Waals surface area contributed by atoms with Crippen LogP contribution in [-0.2, 0) is 6.42 Å². The lowest BCUT2D eigenvalue weighted by Crippen LogP contribution is -2.32. The summed E-state index contributed by atoms with van der Waals surface area (Å²) in [6, 6.07) is 9.42. The number of aliphatic hydroxyl groups is 1. The van der Waals surface area contributed by atoms with Crippen molar-refractivity contribution < 1.29 is 14.4 Å². The molecule has 6 heteroatoms. The van der Waals surface area contributed by atoms with E-state index in [9.17, 15) is 5.11 Å². The smallest absolute Gasteiger partial charge is 0.213 e. The SMILES string of the molecule is OC(CNCCc1ncon1)COc1ccccc1. The van der Waals surface area contributed by atoms with E-state index in [1.165, 1.54) is 6.39 Å². The van der Waals surface area contributed by atoms with E-state index in [4.69, 9.17) is 4.74 Å². The third-order valence-corrected chi connectivity index (χ3v) is 2.50. The molecule has 0 aliphatic heterocycles. The highest BCUT2D eigenvalue weighted by atomic mass is 16.5. The summed E-state index contributed by atoms with van der Waals surface area (Å²) in [5.74, 6) is 1.41. The van der Waals surface area contributed by atoms with Crippen molar-refractivity contribution in [1.29, 1.82) is 0 Å². The lowest BCUT2D eigenvalue weighted by atomic mass is 10.3. The van der Waals surface area contributed by atoms with Gasteiger partial charge in [0, 0.05) is 19.5 Å². The van der Waals surface area contributed by atoms with E-state index in [0.717, 1.165) is 5.75 Å². The number of aromatic nitrogens is 2. The maximum Gasteiger partial charge on any atom is 0.213 e. The highest BCUT2D eigenvalue weighted by Crippen LogP contribution is 2.08. The molecule has 0 aliphatic carbocycles. The Morgan fingerprint density at radius 1 is 1.32 bits per heavy atom. The molecule has 0 radical (unpaired) electrons. The Morgan fingerprint density at radius 2 is 2.16 bits per heavy atom. The lowest BCUT2D eigenvalue weighted by Gasteiger charge is -2.12. The molecule has 1 heterocycles. The van der Waals surface area contributed by atoms with Crippen molar-refractivity contribution in [3.8, 4) is 5.75 Å². The maximum absolute atomic E-state index is 9.73. The number of ether oxygens (including phenoxy) is 1. The second kappa shape index (κ2) is 7.50. The first-order valence-corrected chi connectivity index (χ1v) is 6.16. The van der Waals surface area contributed by atoms with Crippen molar-refractivity contribution >= 4 is 0 Å². The minimum atomic E-state index is -0.550. The minimum Gasteiger partial charge on any atom is -0.491 e. The zero-order valence-electron chi connectivity index (χ0n) is 10.5. The number of hydrogen-bond donors (Lipinski definition) is 2. The minimum absolute atomic E-state index is 0.263. The summed E-state index contributed by atoms with van der Waals surface area (Å²) >= 11 is 0. The zero-order chi connectivity index (χ0) is 13.3. The van der Waals surface area contributed by atoms with Crippen LogP contribution in [0.3, 0.4) is 0 Å². The number of para-hydroxylation sites is 1. The summed E-state index contributed by atoms with van der Waals surface area (Å²) in [5, 5.41) is 16.5. The van der Waals surface area contributed by atoms with Crippen LogP contribution in [0.15, 0.2) is 41.2 Å². The molecule has 0 bridgehead atoms. The average molecular weight is 263 g/mol. The van der Waals surface area contributed by atoms with Gasteiger partial charge in [-0.2, -0.15) is 4.98 Å². The van der Waals surface area contributed by atoms with Gasteiger partial charge in [-0.25, -0.2) is 0 Å². The average Bonchev–Trinajstić information content (AvgIpc) is 2.96. The normalized spacial score (nSPS) is 12.3. The van der Waals surface area contributed by atoms with Gasteiger partial charge in [-0.15, -0.1) is 0 Å². The molecule has 0 aliphatic rings. The summed E-state index contributed by atoms with van der Waals surface area (Å²) in [6.07, 6.45) is 1.42. The summed E-state index contributed by atoms with van der Waals surface area (Å²) in [4.78, 5) is 3.90. The Bertz CT molecular complexity index is 447. The summed E-state index contributed by atoms with van der Waals surface area (Å²) in [5.41, 5.74) is 0. The Morgan fingerprint density at radius 3 is 2.89 bits per heavy atom. The fourth-order valence-corrected chi connectivity index (χ4v) is 1.54. The number of benzene rings is 1. The predicted molar refractivity (Wildman–Crippen MR) is 68.8 cm³/mol. The Hall–Kier alpha value is -1.92. The molecule has 1 aromatic carbocycles. The standard InChI is InChI=1S/C13H17N3O3/c17-11(9-18-12-4-2-1-3-5-12)8-14-7-6-13-15-10-19-16-13/h1-5,10-11,14,17H,6-9H2. The van der Waals surface area contributed by atoms with Crippen LogP contribution < -0.4 is 10.1 Å². The number of aliphatic hydroxyl groups excluding tert-OH is 1. The largest absolute Gasteiger partial charge is 0.491 e. The van der Waals surface area contributed by atoms with Crippen LogP contribution in [0.2, 0.25) is 0 Å². The monoisotopic (exact) mass is 263 g/mol. The fourth-order valence-electron chi connectivity index (χ4n) is 1.54. The Labute approximate surface area is 111 Å². The van der Waals surface area contributed by atoms with Crippen molar-refractivity contribution in [3.63, 3.8) is 0 Å². The quantitative estimate of drug-likeness (QED) is 0.680. The van der Waals surface area contributed by atoms with E-state index in [1.54, 1.807) is 0 Å². The molecular weight excluding hydrogens is 246 g/mol.